The molecule has 4 heteroatoms. The maximum Gasteiger partial charge on any atom is 0.231 e. The number of ether oxygens (including phenoxy) is 2. The summed E-state index contributed by atoms with van der Waals surface area (Å²) in [5.41, 5.74) is 5.74. The van der Waals surface area contributed by atoms with Crippen molar-refractivity contribution < 1.29 is 14.6 Å². The van der Waals surface area contributed by atoms with Crippen molar-refractivity contribution in [2.75, 3.05) is 18.2 Å². The summed E-state index contributed by atoms with van der Waals surface area (Å²) < 4.78 is 11.1. The van der Waals surface area contributed by atoms with Crippen LogP contribution in [0.1, 0.15) is 34.2 Å². The number of hydrogen-bond donors (Lipinski definition) is 1. The van der Waals surface area contributed by atoms with Crippen LogP contribution in [0.4, 0.5) is 5.69 Å². The molecule has 0 aliphatic carbocycles. The van der Waals surface area contributed by atoms with Crippen LogP contribution in [-0.2, 0) is 0 Å². The number of phenols is 1. The molecule has 0 spiro atoms. The monoisotopic (exact) mass is 421 g/mol. The number of phenolic OH excluding ortho intramolecular Hbond substituents is 1. The van der Waals surface area contributed by atoms with E-state index < -0.39 is 0 Å². The van der Waals surface area contributed by atoms with E-state index in [9.17, 15) is 5.11 Å². The normalized spacial score (nSPS) is 16.4. The van der Waals surface area contributed by atoms with Crippen molar-refractivity contribution in [3.63, 3.8) is 0 Å². The molecule has 1 N–H and O–H groups in total. The Morgan fingerprint density at radius 1 is 0.719 bits per heavy atom. The number of aromatic hydroxyl groups is 1. The van der Waals surface area contributed by atoms with Crippen LogP contribution >= 0.6 is 0 Å². The van der Waals surface area contributed by atoms with Crippen molar-refractivity contribution in [3.05, 3.63) is 119 Å². The average Bonchev–Trinajstić information content (AvgIpc) is 3.45. The third kappa shape index (κ3) is 3.07. The van der Waals surface area contributed by atoms with E-state index in [1.165, 1.54) is 22.4 Å². The van der Waals surface area contributed by atoms with Gasteiger partial charge in [-0.2, -0.15) is 0 Å². The highest BCUT2D eigenvalue weighted by molar-refractivity contribution is 5.67. The summed E-state index contributed by atoms with van der Waals surface area (Å²) in [4.78, 5) is 2.45. The molecule has 0 aromatic heterocycles. The highest BCUT2D eigenvalue weighted by atomic mass is 16.7. The lowest BCUT2D eigenvalue weighted by Crippen LogP contribution is -2.28. The molecule has 2 aliphatic rings. The van der Waals surface area contributed by atoms with Gasteiger partial charge in [0.1, 0.15) is 5.75 Å². The number of anilines is 1. The van der Waals surface area contributed by atoms with E-state index in [1.54, 1.807) is 6.07 Å². The number of nitrogens with zero attached hydrogens (tertiary/aromatic N) is 1. The summed E-state index contributed by atoms with van der Waals surface area (Å²) in [6, 6.07) is 33.4. The molecule has 2 aliphatic heterocycles. The lowest BCUT2D eigenvalue weighted by atomic mass is 9.92. The minimum atomic E-state index is 0.0237. The van der Waals surface area contributed by atoms with Crippen LogP contribution in [0, 0.1) is 0 Å². The van der Waals surface area contributed by atoms with E-state index in [0.717, 1.165) is 12.1 Å². The van der Waals surface area contributed by atoms with Gasteiger partial charge in [0.15, 0.2) is 11.5 Å². The second kappa shape index (κ2) is 7.65. The average molecular weight is 421 g/mol. The first-order valence-corrected chi connectivity index (χ1v) is 10.9. The van der Waals surface area contributed by atoms with Crippen LogP contribution in [0.2, 0.25) is 0 Å². The highest BCUT2D eigenvalue weighted by Crippen LogP contribution is 2.49. The minimum absolute atomic E-state index is 0.0237. The third-order valence-electron chi connectivity index (χ3n) is 6.44. The molecule has 6 rings (SSSR count). The Morgan fingerprint density at radius 3 is 2.00 bits per heavy atom. The second-order valence-electron chi connectivity index (χ2n) is 8.25. The first kappa shape index (κ1) is 18.8. The van der Waals surface area contributed by atoms with E-state index in [1.807, 2.05) is 6.07 Å². The number of hydrogen-bond acceptors (Lipinski definition) is 4. The maximum absolute atomic E-state index is 10.9. The van der Waals surface area contributed by atoms with Gasteiger partial charge in [0.05, 0.1) is 6.04 Å². The molecule has 0 radical (unpaired) electrons. The van der Waals surface area contributed by atoms with Gasteiger partial charge >= 0.3 is 0 Å². The topological polar surface area (TPSA) is 41.9 Å². The summed E-state index contributed by atoms with van der Waals surface area (Å²) in [7, 11) is 0. The molecule has 0 saturated heterocycles. The Kier molecular flexibility index (Phi) is 4.50. The van der Waals surface area contributed by atoms with Crippen LogP contribution in [0.15, 0.2) is 97.1 Å². The minimum Gasteiger partial charge on any atom is -0.508 e. The fourth-order valence-corrected chi connectivity index (χ4v) is 5.00. The van der Waals surface area contributed by atoms with Crippen LogP contribution in [0.3, 0.4) is 0 Å². The molecule has 0 bridgehead atoms. The molecule has 32 heavy (non-hydrogen) atoms. The highest BCUT2D eigenvalue weighted by Gasteiger charge is 2.36. The van der Waals surface area contributed by atoms with Gasteiger partial charge in [-0.25, -0.2) is 0 Å². The van der Waals surface area contributed by atoms with Gasteiger partial charge in [-0.1, -0.05) is 78.9 Å². The number of para-hydroxylation sites is 1. The van der Waals surface area contributed by atoms with E-state index in [0.29, 0.717) is 11.5 Å². The quantitative estimate of drug-likeness (QED) is 0.448. The largest absolute Gasteiger partial charge is 0.508 e. The van der Waals surface area contributed by atoms with Crippen molar-refractivity contribution >= 4 is 5.69 Å². The zero-order valence-electron chi connectivity index (χ0n) is 17.5. The molecular weight excluding hydrogens is 398 g/mol. The van der Waals surface area contributed by atoms with Crippen LogP contribution < -0.4 is 14.4 Å². The van der Waals surface area contributed by atoms with Gasteiger partial charge < -0.3 is 19.5 Å². The molecule has 0 fully saturated rings. The molecule has 0 amide bonds. The van der Waals surface area contributed by atoms with Crippen molar-refractivity contribution in [1.82, 2.24) is 0 Å². The van der Waals surface area contributed by atoms with Gasteiger partial charge in [0.2, 0.25) is 6.79 Å². The molecule has 1 atom stereocenters. The van der Waals surface area contributed by atoms with Gasteiger partial charge in [-0.15, -0.1) is 0 Å². The number of rotatable bonds is 4. The van der Waals surface area contributed by atoms with Crippen molar-refractivity contribution in [2.45, 2.75) is 12.0 Å². The zero-order chi connectivity index (χ0) is 21.5. The lowest BCUT2D eigenvalue weighted by molar-refractivity contribution is 0.174. The predicted molar refractivity (Wildman–Crippen MR) is 125 cm³/mol. The van der Waals surface area contributed by atoms with Crippen LogP contribution in [-0.4, -0.2) is 18.4 Å². The molecule has 4 aromatic rings. The fraction of sp³-hybridized carbons (Fsp3) is 0.143. The second-order valence-corrected chi connectivity index (χ2v) is 8.25. The van der Waals surface area contributed by atoms with E-state index >= 15 is 0 Å². The summed E-state index contributed by atoms with van der Waals surface area (Å²) in [6.45, 7) is 0.941. The zero-order valence-corrected chi connectivity index (χ0v) is 17.5. The summed E-state index contributed by atoms with van der Waals surface area (Å²) >= 11 is 0. The van der Waals surface area contributed by atoms with E-state index in [-0.39, 0.29) is 24.5 Å². The lowest BCUT2D eigenvalue weighted by Gasteiger charge is -2.32. The van der Waals surface area contributed by atoms with Gasteiger partial charge in [-0.3, -0.25) is 0 Å². The van der Waals surface area contributed by atoms with Crippen LogP contribution in [0.25, 0.3) is 0 Å². The molecule has 2 heterocycles. The Labute approximate surface area is 187 Å². The molecule has 4 aromatic carbocycles. The maximum atomic E-state index is 10.9. The third-order valence-corrected chi connectivity index (χ3v) is 6.44. The summed E-state index contributed by atoms with van der Waals surface area (Å²) in [6.07, 6.45) is 0. The predicted octanol–water partition coefficient (Wildman–Crippen LogP) is 5.86. The first-order valence-electron chi connectivity index (χ1n) is 10.9. The number of benzene rings is 4. The Bertz CT molecular complexity index is 1220. The van der Waals surface area contributed by atoms with Crippen LogP contribution in [0.5, 0.6) is 17.2 Å². The molecular formula is C28H23NO3. The van der Waals surface area contributed by atoms with Crippen molar-refractivity contribution in [1.29, 1.82) is 0 Å². The molecule has 158 valence electrons. The van der Waals surface area contributed by atoms with Gasteiger partial charge in [0, 0.05) is 29.8 Å². The Hall–Kier alpha value is -3.92. The van der Waals surface area contributed by atoms with E-state index in [2.05, 4.69) is 89.8 Å². The van der Waals surface area contributed by atoms with Gasteiger partial charge in [-0.05, 0) is 28.8 Å². The smallest absolute Gasteiger partial charge is 0.231 e. The molecule has 4 nitrogen and oxygen atoms in total. The van der Waals surface area contributed by atoms with Gasteiger partial charge in [0.25, 0.3) is 0 Å². The summed E-state index contributed by atoms with van der Waals surface area (Å²) in [5, 5.41) is 10.9. The van der Waals surface area contributed by atoms with Crippen molar-refractivity contribution in [2.24, 2.45) is 0 Å². The first-order chi connectivity index (χ1) is 15.8. The van der Waals surface area contributed by atoms with Crippen molar-refractivity contribution in [3.8, 4) is 17.2 Å². The SMILES string of the molecule is Oc1cc2c(cc1C1CN(C(c3ccccc3)c3ccccc3)c3ccccc31)OCO2. The number of fused-ring (bicyclic) bond motifs is 2. The summed E-state index contributed by atoms with van der Waals surface area (Å²) in [5.74, 6) is 1.56. The van der Waals surface area contributed by atoms with E-state index in [4.69, 9.17) is 9.47 Å². The fourth-order valence-electron chi connectivity index (χ4n) is 5.00. The Balaban J connectivity index is 1.48. The Morgan fingerprint density at radius 2 is 1.31 bits per heavy atom. The standard InChI is InChI=1S/C28H23NO3/c30-25-16-27-26(31-18-32-27)15-22(25)23-17-29(24-14-8-7-13-21(23)24)28(19-9-3-1-4-10-19)20-11-5-2-6-12-20/h1-16,23,28,30H,17-18H2. The molecule has 0 saturated carbocycles. The molecule has 1 unspecified atom stereocenters.